The maximum absolute atomic E-state index is 4.24. The highest BCUT2D eigenvalue weighted by molar-refractivity contribution is 7.10. The van der Waals surface area contributed by atoms with Crippen molar-refractivity contribution in [2.75, 3.05) is 20.1 Å². The molecule has 0 bridgehead atoms. The highest BCUT2D eigenvalue weighted by Gasteiger charge is 2.06. The molecule has 1 aromatic rings. The normalized spacial score (nSPS) is 13.4. The Kier molecular flexibility index (Phi) is 7.49. The molecule has 102 valence electrons. The van der Waals surface area contributed by atoms with Gasteiger partial charge < -0.3 is 10.6 Å². The zero-order chi connectivity index (χ0) is 13.2. The number of guanidine groups is 1. The number of hydrogen-bond acceptors (Lipinski definition) is 2. The first-order chi connectivity index (χ1) is 8.77. The van der Waals surface area contributed by atoms with Crippen LogP contribution >= 0.6 is 11.3 Å². The number of hydrogen-bond donors (Lipinski definition) is 2. The van der Waals surface area contributed by atoms with Crippen LogP contribution < -0.4 is 10.6 Å². The maximum atomic E-state index is 4.24. The summed E-state index contributed by atoms with van der Waals surface area (Å²) in [6, 6.07) is 4.29. The highest BCUT2D eigenvalue weighted by Crippen LogP contribution is 2.19. The minimum Gasteiger partial charge on any atom is -0.356 e. The Hall–Kier alpha value is -1.03. The molecule has 0 spiro atoms. The first-order valence-corrected chi connectivity index (χ1v) is 7.63. The third-order valence-electron chi connectivity index (χ3n) is 2.90. The maximum Gasteiger partial charge on any atom is 0.190 e. The van der Waals surface area contributed by atoms with Crippen molar-refractivity contribution in [3.8, 4) is 0 Å². The Balaban J connectivity index is 2.23. The van der Waals surface area contributed by atoms with Gasteiger partial charge in [-0.2, -0.15) is 0 Å². The van der Waals surface area contributed by atoms with Gasteiger partial charge in [0.1, 0.15) is 0 Å². The fourth-order valence-electron chi connectivity index (χ4n) is 1.72. The molecule has 0 fully saturated rings. The van der Waals surface area contributed by atoms with E-state index in [1.165, 1.54) is 24.1 Å². The van der Waals surface area contributed by atoms with E-state index >= 15 is 0 Å². The summed E-state index contributed by atoms with van der Waals surface area (Å²) in [4.78, 5) is 5.66. The second-order valence-corrected chi connectivity index (χ2v) is 5.48. The van der Waals surface area contributed by atoms with Crippen molar-refractivity contribution in [3.63, 3.8) is 0 Å². The van der Waals surface area contributed by atoms with Gasteiger partial charge in [-0.3, -0.25) is 4.99 Å². The monoisotopic (exact) mass is 267 g/mol. The van der Waals surface area contributed by atoms with Crippen LogP contribution in [0.3, 0.4) is 0 Å². The standard InChI is InChI=1S/C14H25N3S/c1-4-5-6-9-16-14(15-3)17-11-12(2)13-8-7-10-18-13/h7-8,10,12H,4-6,9,11H2,1-3H3,(H2,15,16,17). The molecule has 0 saturated heterocycles. The molecule has 0 radical (unpaired) electrons. The molecule has 0 aromatic carbocycles. The lowest BCUT2D eigenvalue weighted by molar-refractivity contribution is 0.668. The molecule has 1 unspecified atom stereocenters. The van der Waals surface area contributed by atoms with Gasteiger partial charge >= 0.3 is 0 Å². The lowest BCUT2D eigenvalue weighted by Crippen LogP contribution is -2.39. The summed E-state index contributed by atoms with van der Waals surface area (Å²) in [5, 5.41) is 8.86. The van der Waals surface area contributed by atoms with Gasteiger partial charge in [0.2, 0.25) is 0 Å². The summed E-state index contributed by atoms with van der Waals surface area (Å²) in [7, 11) is 1.82. The summed E-state index contributed by atoms with van der Waals surface area (Å²) in [6.45, 7) is 6.38. The van der Waals surface area contributed by atoms with Gasteiger partial charge in [-0.1, -0.05) is 32.8 Å². The molecular weight excluding hydrogens is 242 g/mol. The van der Waals surface area contributed by atoms with E-state index < -0.39 is 0 Å². The summed E-state index contributed by atoms with van der Waals surface area (Å²) >= 11 is 1.81. The molecule has 0 aliphatic rings. The van der Waals surface area contributed by atoms with E-state index in [2.05, 4.69) is 47.0 Å². The SMILES string of the molecule is CCCCCNC(=NC)NCC(C)c1cccs1. The topological polar surface area (TPSA) is 36.4 Å². The van der Waals surface area contributed by atoms with Crippen LogP contribution in [0, 0.1) is 0 Å². The molecule has 1 rings (SSSR count). The predicted molar refractivity (Wildman–Crippen MR) is 81.6 cm³/mol. The van der Waals surface area contributed by atoms with E-state index in [4.69, 9.17) is 0 Å². The van der Waals surface area contributed by atoms with Crippen LogP contribution in [0.15, 0.2) is 22.5 Å². The molecule has 1 aromatic heterocycles. The fourth-order valence-corrected chi connectivity index (χ4v) is 2.51. The average molecular weight is 267 g/mol. The zero-order valence-electron chi connectivity index (χ0n) is 11.7. The van der Waals surface area contributed by atoms with Gasteiger partial charge in [0.05, 0.1) is 0 Å². The second-order valence-electron chi connectivity index (χ2n) is 4.50. The van der Waals surface area contributed by atoms with E-state index in [0.717, 1.165) is 19.0 Å². The van der Waals surface area contributed by atoms with Crippen molar-refractivity contribution in [3.05, 3.63) is 22.4 Å². The number of nitrogens with one attached hydrogen (secondary N) is 2. The van der Waals surface area contributed by atoms with Gasteiger partial charge in [0.15, 0.2) is 5.96 Å². The summed E-state index contributed by atoms with van der Waals surface area (Å²) in [5.41, 5.74) is 0. The first-order valence-electron chi connectivity index (χ1n) is 6.75. The molecular formula is C14H25N3S. The van der Waals surface area contributed by atoms with Crippen LogP contribution in [-0.4, -0.2) is 26.1 Å². The van der Waals surface area contributed by atoms with Crippen LogP contribution in [0.25, 0.3) is 0 Å². The largest absolute Gasteiger partial charge is 0.356 e. The number of thiophene rings is 1. The Morgan fingerprint density at radius 1 is 1.39 bits per heavy atom. The zero-order valence-corrected chi connectivity index (χ0v) is 12.5. The van der Waals surface area contributed by atoms with Crippen molar-refractivity contribution in [2.24, 2.45) is 4.99 Å². The molecule has 0 saturated carbocycles. The number of nitrogens with zero attached hydrogens (tertiary/aromatic N) is 1. The van der Waals surface area contributed by atoms with Crippen LogP contribution in [0.5, 0.6) is 0 Å². The molecule has 1 atom stereocenters. The summed E-state index contributed by atoms with van der Waals surface area (Å²) < 4.78 is 0. The minimum absolute atomic E-state index is 0.527. The summed E-state index contributed by atoms with van der Waals surface area (Å²) in [6.07, 6.45) is 3.73. The molecule has 0 amide bonds. The van der Waals surface area contributed by atoms with Crippen LogP contribution in [0.4, 0.5) is 0 Å². The lowest BCUT2D eigenvalue weighted by Gasteiger charge is -2.15. The molecule has 4 heteroatoms. The smallest absolute Gasteiger partial charge is 0.190 e. The molecule has 0 aliphatic carbocycles. The fraction of sp³-hybridized carbons (Fsp3) is 0.643. The van der Waals surface area contributed by atoms with Crippen molar-refractivity contribution in [1.82, 2.24) is 10.6 Å². The van der Waals surface area contributed by atoms with Crippen LogP contribution in [-0.2, 0) is 0 Å². The Labute approximate surface area is 115 Å². The van der Waals surface area contributed by atoms with Crippen LogP contribution in [0.1, 0.15) is 43.9 Å². The average Bonchev–Trinajstić information content (AvgIpc) is 2.91. The minimum atomic E-state index is 0.527. The van der Waals surface area contributed by atoms with Crippen molar-refractivity contribution in [1.29, 1.82) is 0 Å². The molecule has 3 nitrogen and oxygen atoms in total. The molecule has 2 N–H and O–H groups in total. The quantitative estimate of drug-likeness (QED) is 0.452. The third-order valence-corrected chi connectivity index (χ3v) is 4.00. The van der Waals surface area contributed by atoms with Gasteiger partial charge in [-0.25, -0.2) is 0 Å². The van der Waals surface area contributed by atoms with Gasteiger partial charge in [0, 0.05) is 30.9 Å². The molecule has 0 aliphatic heterocycles. The van der Waals surface area contributed by atoms with Crippen molar-refractivity contribution in [2.45, 2.75) is 39.0 Å². The van der Waals surface area contributed by atoms with E-state index in [-0.39, 0.29) is 0 Å². The van der Waals surface area contributed by atoms with Gasteiger partial charge in [-0.15, -0.1) is 11.3 Å². The van der Waals surface area contributed by atoms with Crippen molar-refractivity contribution >= 4 is 17.3 Å². The Bertz CT molecular complexity index is 333. The van der Waals surface area contributed by atoms with Gasteiger partial charge in [-0.05, 0) is 17.9 Å². The Morgan fingerprint density at radius 2 is 2.22 bits per heavy atom. The second kappa shape index (κ2) is 8.97. The van der Waals surface area contributed by atoms with Gasteiger partial charge in [0.25, 0.3) is 0 Å². The molecule has 1 heterocycles. The first kappa shape index (κ1) is 15.0. The van der Waals surface area contributed by atoms with E-state index in [0.29, 0.717) is 5.92 Å². The molecule has 18 heavy (non-hydrogen) atoms. The lowest BCUT2D eigenvalue weighted by atomic mass is 10.1. The van der Waals surface area contributed by atoms with E-state index in [1.807, 2.05) is 18.4 Å². The number of unbranched alkanes of at least 4 members (excludes halogenated alkanes) is 2. The third kappa shape index (κ3) is 5.54. The van der Waals surface area contributed by atoms with E-state index in [9.17, 15) is 0 Å². The van der Waals surface area contributed by atoms with Crippen molar-refractivity contribution < 1.29 is 0 Å². The summed E-state index contributed by atoms with van der Waals surface area (Å²) in [5.74, 6) is 1.44. The van der Waals surface area contributed by atoms with Crippen LogP contribution in [0.2, 0.25) is 0 Å². The highest BCUT2D eigenvalue weighted by atomic mass is 32.1. The number of aliphatic imine (C=N–C) groups is 1. The predicted octanol–water partition coefficient (Wildman–Crippen LogP) is 3.21. The number of rotatable bonds is 7. The Morgan fingerprint density at radius 3 is 2.83 bits per heavy atom. The van der Waals surface area contributed by atoms with E-state index in [1.54, 1.807) is 0 Å².